The molecule has 0 amide bonds. The van der Waals surface area contributed by atoms with E-state index in [2.05, 4.69) is 10.2 Å². The smallest absolute Gasteiger partial charge is 0.169 e. The minimum atomic E-state index is 0.277. The molecule has 2 aliphatic rings. The fourth-order valence-corrected chi connectivity index (χ4v) is 3.56. The molecule has 2 fully saturated rings. The first kappa shape index (κ1) is 14.8. The van der Waals surface area contributed by atoms with Crippen molar-refractivity contribution >= 4 is 23.1 Å². The molecule has 0 aromatic heterocycles. The maximum Gasteiger partial charge on any atom is 0.169 e. The van der Waals surface area contributed by atoms with E-state index < -0.39 is 0 Å². The number of Topliss-reactive ketones (excluding diaryl/α,β-unsaturated/α-hetero) is 1. The molecule has 0 radical (unpaired) electrons. The van der Waals surface area contributed by atoms with Gasteiger partial charge in [0.05, 0.1) is 0 Å². The van der Waals surface area contributed by atoms with Crippen molar-refractivity contribution in [3.8, 4) is 0 Å². The molecule has 1 saturated heterocycles. The van der Waals surface area contributed by atoms with Crippen LogP contribution >= 0.6 is 12.2 Å². The lowest BCUT2D eigenvalue weighted by molar-refractivity contribution is -0.123. The summed E-state index contributed by atoms with van der Waals surface area (Å²) >= 11 is 5.52. The third-order valence-electron chi connectivity index (χ3n) is 4.52. The Bertz CT molecular complexity index is 318. The van der Waals surface area contributed by atoms with Crippen molar-refractivity contribution in [2.45, 2.75) is 64.3 Å². The molecule has 1 heterocycles. The van der Waals surface area contributed by atoms with Crippen molar-refractivity contribution in [1.29, 1.82) is 0 Å². The number of nitrogens with one attached hydrogen (secondary N) is 1. The summed E-state index contributed by atoms with van der Waals surface area (Å²) in [7, 11) is 0. The third-order valence-corrected chi connectivity index (χ3v) is 4.89. The molecule has 108 valence electrons. The van der Waals surface area contributed by atoms with Crippen molar-refractivity contribution < 1.29 is 4.79 Å². The maximum absolute atomic E-state index is 11.7. The average Bonchev–Trinajstić information content (AvgIpc) is 2.47. The molecule has 0 spiro atoms. The van der Waals surface area contributed by atoms with Crippen molar-refractivity contribution in [1.82, 2.24) is 10.2 Å². The van der Waals surface area contributed by atoms with Crippen LogP contribution in [0.5, 0.6) is 0 Å². The van der Waals surface area contributed by atoms with Gasteiger partial charge in [0.2, 0.25) is 0 Å². The summed E-state index contributed by atoms with van der Waals surface area (Å²) in [5, 5.41) is 4.43. The Morgan fingerprint density at radius 3 is 2.37 bits per heavy atom. The van der Waals surface area contributed by atoms with Crippen LogP contribution in [-0.2, 0) is 4.79 Å². The zero-order chi connectivity index (χ0) is 13.7. The molecule has 1 N–H and O–H groups in total. The van der Waals surface area contributed by atoms with E-state index in [1.807, 2.05) is 6.92 Å². The van der Waals surface area contributed by atoms with Crippen LogP contribution in [0.2, 0.25) is 0 Å². The largest absolute Gasteiger partial charge is 0.360 e. The van der Waals surface area contributed by atoms with Gasteiger partial charge in [0.15, 0.2) is 5.11 Å². The van der Waals surface area contributed by atoms with Gasteiger partial charge in [-0.05, 0) is 37.9 Å². The monoisotopic (exact) mass is 282 g/mol. The minimum Gasteiger partial charge on any atom is -0.360 e. The van der Waals surface area contributed by atoms with Gasteiger partial charge in [-0.1, -0.05) is 26.2 Å². The first-order chi connectivity index (χ1) is 9.20. The van der Waals surface area contributed by atoms with Gasteiger partial charge in [-0.25, -0.2) is 0 Å². The molecule has 3 nitrogen and oxygen atoms in total. The molecule has 0 aromatic carbocycles. The topological polar surface area (TPSA) is 32.3 Å². The number of carbonyl (C=O) groups is 1. The Labute approximate surface area is 122 Å². The van der Waals surface area contributed by atoms with E-state index in [0.29, 0.717) is 18.2 Å². The number of ketones is 1. The molecule has 1 aliphatic carbocycles. The van der Waals surface area contributed by atoms with E-state index in [9.17, 15) is 4.79 Å². The second-order valence-electron chi connectivity index (χ2n) is 5.87. The molecule has 0 atom stereocenters. The van der Waals surface area contributed by atoms with Crippen LogP contribution in [0.3, 0.4) is 0 Å². The van der Waals surface area contributed by atoms with E-state index in [1.165, 1.54) is 32.1 Å². The molecule has 2 rings (SSSR count). The normalized spacial score (nSPS) is 22.3. The number of rotatable bonds is 3. The van der Waals surface area contributed by atoms with Crippen LogP contribution in [0.1, 0.15) is 58.3 Å². The van der Waals surface area contributed by atoms with E-state index in [-0.39, 0.29) is 5.92 Å². The highest BCUT2D eigenvalue weighted by Gasteiger charge is 2.25. The summed E-state index contributed by atoms with van der Waals surface area (Å²) < 4.78 is 0. The third kappa shape index (κ3) is 4.16. The summed E-state index contributed by atoms with van der Waals surface area (Å²) in [6.45, 7) is 3.84. The van der Waals surface area contributed by atoms with Gasteiger partial charge in [-0.15, -0.1) is 0 Å². The summed E-state index contributed by atoms with van der Waals surface area (Å²) in [6.07, 6.45) is 9.15. The second kappa shape index (κ2) is 7.22. The van der Waals surface area contributed by atoms with E-state index >= 15 is 0 Å². The van der Waals surface area contributed by atoms with Gasteiger partial charge < -0.3 is 10.2 Å². The number of nitrogens with zero attached hydrogens (tertiary/aromatic N) is 1. The Balaban J connectivity index is 1.74. The molecule has 0 unspecified atom stereocenters. The summed E-state index contributed by atoms with van der Waals surface area (Å²) in [5.74, 6) is 0.699. The predicted molar refractivity (Wildman–Crippen MR) is 82.2 cm³/mol. The Hall–Kier alpha value is -0.640. The van der Waals surface area contributed by atoms with Crippen LogP contribution in [0.25, 0.3) is 0 Å². The quantitative estimate of drug-likeness (QED) is 0.807. The van der Waals surface area contributed by atoms with Gasteiger partial charge in [-0.2, -0.15) is 0 Å². The molecule has 0 bridgehead atoms. The molecular weight excluding hydrogens is 256 g/mol. The number of hydrogen-bond donors (Lipinski definition) is 1. The highest BCUT2D eigenvalue weighted by atomic mass is 32.1. The number of piperidine rings is 1. The lowest BCUT2D eigenvalue weighted by atomic mass is 9.91. The number of carbonyl (C=O) groups excluding carboxylic acids is 1. The highest BCUT2D eigenvalue weighted by molar-refractivity contribution is 7.80. The standard InChI is InChI=1S/C15H26N2OS/c1-2-14(18)12-8-10-17(11-9-12)15(19)16-13-6-4-3-5-7-13/h12-13H,2-11H2,1H3,(H,16,19). The minimum absolute atomic E-state index is 0.277. The van der Waals surface area contributed by atoms with E-state index in [0.717, 1.165) is 31.0 Å². The van der Waals surface area contributed by atoms with Crippen molar-refractivity contribution in [3.63, 3.8) is 0 Å². The SMILES string of the molecule is CCC(=O)C1CCN(C(=S)NC2CCCCC2)CC1. The Kier molecular flexibility index (Phi) is 5.61. The van der Waals surface area contributed by atoms with Gasteiger partial charge in [0.1, 0.15) is 5.78 Å². The maximum atomic E-state index is 11.7. The van der Waals surface area contributed by atoms with Gasteiger partial charge >= 0.3 is 0 Å². The van der Waals surface area contributed by atoms with Gasteiger partial charge in [0, 0.05) is 31.5 Å². The zero-order valence-electron chi connectivity index (χ0n) is 12.0. The summed E-state index contributed by atoms with van der Waals surface area (Å²) in [5.41, 5.74) is 0. The zero-order valence-corrected chi connectivity index (χ0v) is 12.8. The van der Waals surface area contributed by atoms with Crippen LogP contribution in [0, 0.1) is 5.92 Å². The Morgan fingerprint density at radius 2 is 1.79 bits per heavy atom. The first-order valence-corrected chi connectivity index (χ1v) is 8.19. The fourth-order valence-electron chi connectivity index (χ4n) is 3.21. The van der Waals surface area contributed by atoms with Gasteiger partial charge in [-0.3, -0.25) is 4.79 Å². The van der Waals surface area contributed by atoms with Crippen LogP contribution in [0.15, 0.2) is 0 Å². The molecule has 4 heteroatoms. The highest BCUT2D eigenvalue weighted by Crippen LogP contribution is 2.21. The lowest BCUT2D eigenvalue weighted by Crippen LogP contribution is -2.48. The molecule has 0 aromatic rings. The molecule has 19 heavy (non-hydrogen) atoms. The first-order valence-electron chi connectivity index (χ1n) is 7.79. The van der Waals surface area contributed by atoms with Crippen LogP contribution < -0.4 is 5.32 Å². The van der Waals surface area contributed by atoms with Crippen LogP contribution in [0.4, 0.5) is 0 Å². The molecule has 1 saturated carbocycles. The number of likely N-dealkylation sites (tertiary alicyclic amines) is 1. The van der Waals surface area contributed by atoms with Crippen molar-refractivity contribution in [2.75, 3.05) is 13.1 Å². The second-order valence-corrected chi connectivity index (χ2v) is 6.25. The molecule has 1 aliphatic heterocycles. The van der Waals surface area contributed by atoms with E-state index in [1.54, 1.807) is 0 Å². The number of hydrogen-bond acceptors (Lipinski definition) is 2. The summed E-state index contributed by atoms with van der Waals surface area (Å²) in [4.78, 5) is 13.9. The Morgan fingerprint density at radius 1 is 1.16 bits per heavy atom. The predicted octanol–water partition coefficient (Wildman–Crippen LogP) is 2.88. The average molecular weight is 282 g/mol. The van der Waals surface area contributed by atoms with Crippen LogP contribution in [-0.4, -0.2) is 34.9 Å². The van der Waals surface area contributed by atoms with E-state index in [4.69, 9.17) is 12.2 Å². The fraction of sp³-hybridized carbons (Fsp3) is 0.867. The molecular formula is C15H26N2OS. The van der Waals surface area contributed by atoms with Crippen molar-refractivity contribution in [2.24, 2.45) is 5.92 Å². The number of thiocarbonyl (C=S) groups is 1. The van der Waals surface area contributed by atoms with Gasteiger partial charge in [0.25, 0.3) is 0 Å². The summed E-state index contributed by atoms with van der Waals surface area (Å²) in [6, 6.07) is 0.580. The van der Waals surface area contributed by atoms with Crippen molar-refractivity contribution in [3.05, 3.63) is 0 Å². The lowest BCUT2D eigenvalue weighted by Gasteiger charge is -2.35.